The molecule has 1 aromatic rings. The van der Waals surface area contributed by atoms with Gasteiger partial charge in [0.1, 0.15) is 24.5 Å². The zero-order chi connectivity index (χ0) is 14.7. The summed E-state index contributed by atoms with van der Waals surface area (Å²) in [4.78, 5) is 11.5. The first-order chi connectivity index (χ1) is 9.45. The number of nitrogens with one attached hydrogen (secondary N) is 1. The van der Waals surface area contributed by atoms with Crippen LogP contribution in [0.1, 0.15) is 18.9 Å². The van der Waals surface area contributed by atoms with Crippen molar-refractivity contribution >= 4 is 11.7 Å². The number of cyclic esters (lactones) is 1. The highest BCUT2D eigenvalue weighted by molar-refractivity contribution is 5.81. The van der Waals surface area contributed by atoms with Gasteiger partial charge < -0.3 is 14.8 Å². The number of hydrogen-bond acceptors (Lipinski definition) is 4. The summed E-state index contributed by atoms with van der Waals surface area (Å²) in [5.41, 5.74) is 1.41. The summed E-state index contributed by atoms with van der Waals surface area (Å²) in [6.45, 7) is 2.95. The molecular weight excluding hydrogens is 268 g/mol. The molecule has 0 spiro atoms. The molecule has 0 aromatic heterocycles. The minimum atomic E-state index is -2.52. The SMILES string of the molecule is Cc1ccc(N[C@H]2C[C@H](C)OC2=O)cc1OCC(F)F. The standard InChI is InChI=1S/C14H17F2NO3/c1-8-3-4-10(6-12(8)19-7-13(15)16)17-11-5-9(2)20-14(11)18/h3-4,6,9,11,13,17H,5,7H2,1-2H3/t9-,11-/m0/s1. The Kier molecular flexibility index (Phi) is 4.42. The van der Waals surface area contributed by atoms with E-state index in [2.05, 4.69) is 5.32 Å². The van der Waals surface area contributed by atoms with E-state index in [1.54, 1.807) is 25.1 Å². The molecule has 1 fully saturated rings. The number of rotatable bonds is 5. The number of carbonyl (C=O) groups excluding carboxylic acids is 1. The maximum atomic E-state index is 12.2. The van der Waals surface area contributed by atoms with Gasteiger partial charge in [0.15, 0.2) is 0 Å². The Morgan fingerprint density at radius 3 is 2.85 bits per heavy atom. The molecule has 2 atom stereocenters. The van der Waals surface area contributed by atoms with Crippen molar-refractivity contribution in [3.8, 4) is 5.75 Å². The highest BCUT2D eigenvalue weighted by atomic mass is 19.3. The number of halogens is 2. The van der Waals surface area contributed by atoms with E-state index in [-0.39, 0.29) is 12.1 Å². The summed E-state index contributed by atoms with van der Waals surface area (Å²) in [6.07, 6.45) is -2.04. The van der Waals surface area contributed by atoms with Crippen molar-refractivity contribution in [2.45, 2.75) is 38.8 Å². The van der Waals surface area contributed by atoms with E-state index < -0.39 is 19.1 Å². The highest BCUT2D eigenvalue weighted by Gasteiger charge is 2.31. The van der Waals surface area contributed by atoms with E-state index in [0.29, 0.717) is 17.9 Å². The van der Waals surface area contributed by atoms with Crippen LogP contribution < -0.4 is 10.1 Å². The van der Waals surface area contributed by atoms with Crippen molar-refractivity contribution in [3.05, 3.63) is 23.8 Å². The molecule has 0 unspecified atom stereocenters. The fourth-order valence-corrected chi connectivity index (χ4v) is 2.07. The quantitative estimate of drug-likeness (QED) is 0.845. The molecule has 110 valence electrons. The van der Waals surface area contributed by atoms with E-state index in [0.717, 1.165) is 5.56 Å². The third kappa shape index (κ3) is 3.59. The van der Waals surface area contributed by atoms with E-state index >= 15 is 0 Å². The Balaban J connectivity index is 2.05. The number of aryl methyl sites for hydroxylation is 1. The molecule has 1 aliphatic rings. The molecule has 1 N–H and O–H groups in total. The Hall–Kier alpha value is -1.85. The topological polar surface area (TPSA) is 47.6 Å². The fourth-order valence-electron chi connectivity index (χ4n) is 2.07. The number of carbonyl (C=O) groups is 1. The molecule has 20 heavy (non-hydrogen) atoms. The second kappa shape index (κ2) is 6.07. The fraction of sp³-hybridized carbons (Fsp3) is 0.500. The monoisotopic (exact) mass is 285 g/mol. The number of esters is 1. The number of benzene rings is 1. The van der Waals surface area contributed by atoms with Gasteiger partial charge in [0.25, 0.3) is 6.43 Å². The first kappa shape index (κ1) is 14.6. The molecule has 0 amide bonds. The lowest BCUT2D eigenvalue weighted by Gasteiger charge is -2.14. The predicted octanol–water partition coefficient (Wildman–Crippen LogP) is 2.75. The Bertz CT molecular complexity index is 493. The number of alkyl halides is 2. The van der Waals surface area contributed by atoms with E-state index in [1.165, 1.54) is 0 Å². The van der Waals surface area contributed by atoms with E-state index in [1.807, 2.05) is 6.92 Å². The third-order valence-electron chi connectivity index (χ3n) is 3.06. The van der Waals surface area contributed by atoms with E-state index in [4.69, 9.17) is 9.47 Å². The zero-order valence-electron chi connectivity index (χ0n) is 11.4. The van der Waals surface area contributed by atoms with Crippen molar-refractivity contribution in [3.63, 3.8) is 0 Å². The van der Waals surface area contributed by atoms with Crippen molar-refractivity contribution < 1.29 is 23.0 Å². The van der Waals surface area contributed by atoms with Gasteiger partial charge in [0, 0.05) is 18.2 Å². The first-order valence-electron chi connectivity index (χ1n) is 6.44. The molecule has 1 aliphatic heterocycles. The normalized spacial score (nSPS) is 21.9. The van der Waals surface area contributed by atoms with Gasteiger partial charge in [0.2, 0.25) is 0 Å². The molecule has 0 aliphatic carbocycles. The summed E-state index contributed by atoms with van der Waals surface area (Å²) in [5.74, 6) is 0.0860. The van der Waals surface area contributed by atoms with E-state index in [9.17, 15) is 13.6 Å². The Morgan fingerprint density at radius 1 is 1.50 bits per heavy atom. The Morgan fingerprint density at radius 2 is 2.25 bits per heavy atom. The molecule has 1 heterocycles. The summed E-state index contributed by atoms with van der Waals surface area (Å²) in [5, 5.41) is 3.03. The van der Waals surface area contributed by atoms with Crippen molar-refractivity contribution in [2.75, 3.05) is 11.9 Å². The van der Waals surface area contributed by atoms with Crippen LogP contribution in [-0.2, 0) is 9.53 Å². The molecule has 0 saturated carbocycles. The van der Waals surface area contributed by atoms with Crippen molar-refractivity contribution in [1.82, 2.24) is 0 Å². The van der Waals surface area contributed by atoms with Gasteiger partial charge in [-0.1, -0.05) is 6.07 Å². The maximum absolute atomic E-state index is 12.2. The maximum Gasteiger partial charge on any atom is 0.328 e. The molecule has 0 bridgehead atoms. The molecule has 0 radical (unpaired) electrons. The number of anilines is 1. The molecular formula is C14H17F2NO3. The second-order valence-corrected chi connectivity index (χ2v) is 4.86. The van der Waals surface area contributed by atoms with Crippen LogP contribution in [-0.4, -0.2) is 31.1 Å². The third-order valence-corrected chi connectivity index (χ3v) is 3.06. The van der Waals surface area contributed by atoms with Crippen molar-refractivity contribution in [1.29, 1.82) is 0 Å². The second-order valence-electron chi connectivity index (χ2n) is 4.86. The van der Waals surface area contributed by atoms with Gasteiger partial charge in [-0.3, -0.25) is 0 Å². The van der Waals surface area contributed by atoms with Crippen LogP contribution in [0.15, 0.2) is 18.2 Å². The average molecular weight is 285 g/mol. The largest absolute Gasteiger partial charge is 0.487 e. The molecule has 2 rings (SSSR count). The molecule has 4 nitrogen and oxygen atoms in total. The van der Waals surface area contributed by atoms with Gasteiger partial charge in [-0.25, -0.2) is 13.6 Å². The zero-order valence-corrected chi connectivity index (χ0v) is 11.4. The lowest BCUT2D eigenvalue weighted by Crippen LogP contribution is -2.24. The summed E-state index contributed by atoms with van der Waals surface area (Å²) in [7, 11) is 0. The first-order valence-corrected chi connectivity index (χ1v) is 6.44. The summed E-state index contributed by atoms with van der Waals surface area (Å²) < 4.78 is 34.4. The van der Waals surface area contributed by atoms with Crippen LogP contribution in [0.2, 0.25) is 0 Å². The highest BCUT2D eigenvalue weighted by Crippen LogP contribution is 2.25. The van der Waals surface area contributed by atoms with Crippen LogP contribution in [0, 0.1) is 6.92 Å². The molecule has 6 heteroatoms. The smallest absolute Gasteiger partial charge is 0.328 e. The average Bonchev–Trinajstić information content (AvgIpc) is 2.68. The lowest BCUT2D eigenvalue weighted by molar-refractivity contribution is -0.141. The minimum absolute atomic E-state index is 0.111. The van der Waals surface area contributed by atoms with Gasteiger partial charge in [-0.2, -0.15) is 0 Å². The van der Waals surface area contributed by atoms with Crippen LogP contribution in [0.3, 0.4) is 0 Å². The van der Waals surface area contributed by atoms with Gasteiger partial charge in [0.05, 0.1) is 0 Å². The number of hydrogen-bond donors (Lipinski definition) is 1. The van der Waals surface area contributed by atoms with Gasteiger partial charge in [-0.05, 0) is 25.5 Å². The lowest BCUT2D eigenvalue weighted by atomic mass is 10.1. The van der Waals surface area contributed by atoms with Crippen LogP contribution in [0.4, 0.5) is 14.5 Å². The minimum Gasteiger partial charge on any atom is -0.487 e. The van der Waals surface area contributed by atoms with Crippen LogP contribution in [0.5, 0.6) is 5.75 Å². The Labute approximate surface area is 116 Å². The molecule has 1 saturated heterocycles. The van der Waals surface area contributed by atoms with Gasteiger partial charge >= 0.3 is 5.97 Å². The molecule has 1 aromatic carbocycles. The summed E-state index contributed by atoms with van der Waals surface area (Å²) >= 11 is 0. The van der Waals surface area contributed by atoms with Crippen molar-refractivity contribution in [2.24, 2.45) is 0 Å². The predicted molar refractivity (Wildman–Crippen MR) is 70.3 cm³/mol. The summed E-state index contributed by atoms with van der Waals surface area (Å²) in [6, 6.07) is 4.75. The van der Waals surface area contributed by atoms with Crippen LogP contribution in [0.25, 0.3) is 0 Å². The van der Waals surface area contributed by atoms with Crippen LogP contribution >= 0.6 is 0 Å². The number of ether oxygens (including phenoxy) is 2. The van der Waals surface area contributed by atoms with Gasteiger partial charge in [-0.15, -0.1) is 0 Å².